The highest BCUT2D eigenvalue weighted by molar-refractivity contribution is 5.83. The summed E-state index contributed by atoms with van der Waals surface area (Å²) >= 11 is 0. The second kappa shape index (κ2) is 2.13. The molecule has 2 fully saturated rings. The molecule has 2 saturated heterocycles. The number of hydrogen-bond donors (Lipinski definition) is 1. The molecule has 0 aromatic rings. The Morgan fingerprint density at radius 3 is 2.85 bits per heavy atom. The molecule has 1 amide bonds. The molecule has 5 atom stereocenters. The van der Waals surface area contributed by atoms with Crippen molar-refractivity contribution in [1.82, 2.24) is 4.90 Å². The Kier molecular flexibility index (Phi) is 1.24. The summed E-state index contributed by atoms with van der Waals surface area (Å²) in [5, 5.41) is 9.75. The molecule has 3 aliphatic rings. The Labute approximate surface area is 75.8 Å². The highest BCUT2D eigenvalue weighted by atomic mass is 16.5. The van der Waals surface area contributed by atoms with Crippen molar-refractivity contribution in [3.05, 3.63) is 12.2 Å². The molecular formula is C9H11NO3. The van der Waals surface area contributed by atoms with E-state index in [1.54, 1.807) is 7.05 Å². The van der Waals surface area contributed by atoms with Crippen molar-refractivity contribution in [3.8, 4) is 0 Å². The third kappa shape index (κ3) is 0.711. The van der Waals surface area contributed by atoms with Gasteiger partial charge in [-0.3, -0.25) is 4.79 Å². The smallest absolute Gasteiger partial charge is 0.230 e. The van der Waals surface area contributed by atoms with Gasteiger partial charge in [0, 0.05) is 13.0 Å². The van der Waals surface area contributed by atoms with Gasteiger partial charge in [0.2, 0.25) is 5.91 Å². The zero-order chi connectivity index (χ0) is 9.16. The lowest BCUT2D eigenvalue weighted by atomic mass is 9.85. The predicted octanol–water partition coefficient (Wildman–Crippen LogP) is -0.654. The Morgan fingerprint density at radius 1 is 1.46 bits per heavy atom. The van der Waals surface area contributed by atoms with E-state index in [1.165, 1.54) is 4.90 Å². The van der Waals surface area contributed by atoms with E-state index in [9.17, 15) is 9.90 Å². The quantitative estimate of drug-likeness (QED) is 0.505. The fourth-order valence-corrected chi connectivity index (χ4v) is 2.62. The van der Waals surface area contributed by atoms with Crippen LogP contribution in [0.3, 0.4) is 0 Å². The first-order valence-electron chi connectivity index (χ1n) is 4.48. The first-order valence-corrected chi connectivity index (χ1v) is 4.48. The maximum atomic E-state index is 11.6. The SMILES string of the molecule is CN1C(=O)C2C3C=CC(O3)C2C1O. The summed E-state index contributed by atoms with van der Waals surface area (Å²) in [6.45, 7) is 0. The molecule has 4 heteroatoms. The van der Waals surface area contributed by atoms with Crippen molar-refractivity contribution in [1.29, 1.82) is 0 Å². The van der Waals surface area contributed by atoms with Gasteiger partial charge in [0.25, 0.3) is 0 Å². The second-order valence-corrected chi connectivity index (χ2v) is 3.92. The van der Waals surface area contributed by atoms with Crippen molar-refractivity contribution in [2.45, 2.75) is 18.4 Å². The molecule has 3 rings (SSSR count). The molecule has 3 aliphatic heterocycles. The maximum absolute atomic E-state index is 11.6. The average Bonchev–Trinajstić information content (AvgIpc) is 2.76. The van der Waals surface area contributed by atoms with E-state index in [4.69, 9.17) is 4.74 Å². The minimum Gasteiger partial charge on any atom is -0.373 e. The number of aliphatic hydroxyl groups is 1. The molecule has 0 radical (unpaired) electrons. The van der Waals surface area contributed by atoms with E-state index in [1.807, 2.05) is 12.2 Å². The Bertz CT molecular complexity index is 301. The van der Waals surface area contributed by atoms with Gasteiger partial charge in [-0.1, -0.05) is 12.2 Å². The molecular weight excluding hydrogens is 170 g/mol. The van der Waals surface area contributed by atoms with Crippen LogP contribution in [0.25, 0.3) is 0 Å². The molecule has 0 spiro atoms. The molecule has 5 unspecified atom stereocenters. The van der Waals surface area contributed by atoms with E-state index < -0.39 is 6.23 Å². The number of aliphatic hydroxyl groups excluding tert-OH is 1. The number of nitrogens with zero attached hydrogens (tertiary/aromatic N) is 1. The number of fused-ring (bicyclic) bond motifs is 5. The highest BCUT2D eigenvalue weighted by Gasteiger charge is 2.59. The predicted molar refractivity (Wildman–Crippen MR) is 43.6 cm³/mol. The molecule has 0 saturated carbocycles. The van der Waals surface area contributed by atoms with Crippen LogP contribution in [-0.2, 0) is 9.53 Å². The second-order valence-electron chi connectivity index (χ2n) is 3.92. The summed E-state index contributed by atoms with van der Waals surface area (Å²) in [7, 11) is 1.64. The molecule has 2 bridgehead atoms. The standard InChI is InChI=1S/C9H11NO3/c1-10-8(11)6-4-2-3-5(13-4)7(6)9(10)12/h2-8,11H,1H3. The number of carbonyl (C=O) groups is 1. The summed E-state index contributed by atoms with van der Waals surface area (Å²) in [4.78, 5) is 13.1. The van der Waals surface area contributed by atoms with E-state index >= 15 is 0 Å². The summed E-state index contributed by atoms with van der Waals surface area (Å²) in [6, 6.07) is 0. The van der Waals surface area contributed by atoms with E-state index in [0.29, 0.717) is 0 Å². The topological polar surface area (TPSA) is 49.8 Å². The van der Waals surface area contributed by atoms with Crippen LogP contribution in [0.2, 0.25) is 0 Å². The lowest BCUT2D eigenvalue weighted by molar-refractivity contribution is -0.136. The molecule has 70 valence electrons. The zero-order valence-corrected chi connectivity index (χ0v) is 7.25. The summed E-state index contributed by atoms with van der Waals surface area (Å²) in [6.07, 6.45) is 3.05. The average molecular weight is 181 g/mol. The lowest BCUT2D eigenvalue weighted by Crippen LogP contribution is -2.34. The third-order valence-corrected chi connectivity index (χ3v) is 3.33. The van der Waals surface area contributed by atoms with Crippen LogP contribution in [0.1, 0.15) is 0 Å². The molecule has 3 heterocycles. The van der Waals surface area contributed by atoms with Gasteiger partial charge in [0.05, 0.1) is 18.1 Å². The van der Waals surface area contributed by atoms with E-state index in [0.717, 1.165) is 0 Å². The Morgan fingerprint density at radius 2 is 2.15 bits per heavy atom. The van der Waals surface area contributed by atoms with Gasteiger partial charge in [-0.15, -0.1) is 0 Å². The van der Waals surface area contributed by atoms with Crippen molar-refractivity contribution in [3.63, 3.8) is 0 Å². The molecule has 13 heavy (non-hydrogen) atoms. The van der Waals surface area contributed by atoms with E-state index in [-0.39, 0.29) is 30.0 Å². The minimum atomic E-state index is -0.669. The zero-order valence-electron chi connectivity index (χ0n) is 7.25. The van der Waals surface area contributed by atoms with Crippen LogP contribution in [-0.4, -0.2) is 41.4 Å². The fourth-order valence-electron chi connectivity index (χ4n) is 2.62. The lowest BCUT2D eigenvalue weighted by Gasteiger charge is -2.20. The van der Waals surface area contributed by atoms with Gasteiger partial charge in [-0.2, -0.15) is 0 Å². The first-order chi connectivity index (χ1) is 6.20. The number of ether oxygens (including phenoxy) is 1. The molecule has 1 N–H and O–H groups in total. The van der Waals surface area contributed by atoms with Crippen molar-refractivity contribution in [2.75, 3.05) is 7.05 Å². The van der Waals surface area contributed by atoms with Crippen molar-refractivity contribution in [2.24, 2.45) is 11.8 Å². The van der Waals surface area contributed by atoms with Gasteiger partial charge in [0.15, 0.2) is 0 Å². The monoisotopic (exact) mass is 181 g/mol. The van der Waals surface area contributed by atoms with Crippen molar-refractivity contribution >= 4 is 5.91 Å². The summed E-state index contributed by atoms with van der Waals surface area (Å²) < 4.78 is 5.51. The molecule has 0 aromatic carbocycles. The van der Waals surface area contributed by atoms with Gasteiger partial charge in [-0.25, -0.2) is 0 Å². The number of carbonyl (C=O) groups excluding carboxylic acids is 1. The number of hydrogen-bond acceptors (Lipinski definition) is 3. The minimum absolute atomic E-state index is 0.00866. The summed E-state index contributed by atoms with van der Waals surface area (Å²) in [5.74, 6) is -0.183. The van der Waals surface area contributed by atoms with Crippen LogP contribution in [0, 0.1) is 11.8 Å². The van der Waals surface area contributed by atoms with E-state index in [2.05, 4.69) is 0 Å². The normalized spacial score (nSPS) is 52.0. The van der Waals surface area contributed by atoms with Crippen LogP contribution in [0.5, 0.6) is 0 Å². The molecule has 4 nitrogen and oxygen atoms in total. The van der Waals surface area contributed by atoms with Gasteiger partial charge in [-0.05, 0) is 0 Å². The van der Waals surface area contributed by atoms with Gasteiger partial charge in [0.1, 0.15) is 6.23 Å². The third-order valence-electron chi connectivity index (χ3n) is 3.33. The fraction of sp³-hybridized carbons (Fsp3) is 0.667. The Hall–Kier alpha value is -0.870. The van der Waals surface area contributed by atoms with Crippen LogP contribution in [0.4, 0.5) is 0 Å². The first kappa shape index (κ1) is 7.53. The molecule has 0 aliphatic carbocycles. The number of rotatable bonds is 0. The van der Waals surface area contributed by atoms with Gasteiger partial charge >= 0.3 is 0 Å². The Balaban J connectivity index is 2.03. The summed E-state index contributed by atoms with van der Waals surface area (Å²) in [5.41, 5.74) is 0. The van der Waals surface area contributed by atoms with Gasteiger partial charge < -0.3 is 14.7 Å². The maximum Gasteiger partial charge on any atom is 0.230 e. The van der Waals surface area contributed by atoms with Crippen LogP contribution < -0.4 is 0 Å². The largest absolute Gasteiger partial charge is 0.373 e. The highest BCUT2D eigenvalue weighted by Crippen LogP contribution is 2.46. The van der Waals surface area contributed by atoms with Crippen LogP contribution >= 0.6 is 0 Å². The number of likely N-dealkylation sites (tertiary alicyclic amines) is 1. The molecule has 0 aromatic heterocycles. The number of amides is 1. The van der Waals surface area contributed by atoms with Crippen molar-refractivity contribution < 1.29 is 14.6 Å². The van der Waals surface area contributed by atoms with Crippen LogP contribution in [0.15, 0.2) is 12.2 Å².